The zero-order valence-electron chi connectivity index (χ0n) is 38.5. The zero-order valence-corrected chi connectivity index (χ0v) is 24.5. The maximum Gasteiger partial charge on any atom is 0.136 e. The van der Waals surface area contributed by atoms with Crippen molar-refractivity contribution in [2.75, 3.05) is 0 Å². The van der Waals surface area contributed by atoms with Crippen molar-refractivity contribution in [1.29, 1.82) is 0 Å². The van der Waals surface area contributed by atoms with Crippen LogP contribution in [0.1, 0.15) is 19.2 Å². The summed E-state index contributed by atoms with van der Waals surface area (Å²) in [5, 5.41) is 3.63. The lowest BCUT2D eigenvalue weighted by Crippen LogP contribution is -1.92. The first kappa shape index (κ1) is 15.9. The lowest BCUT2D eigenvalue weighted by molar-refractivity contribution is 0.669. The van der Waals surface area contributed by atoms with Crippen molar-refractivity contribution in [3.63, 3.8) is 0 Å². The standard InChI is InChI=1S/C46H28O/c1-2-12-29(13-3-1)33-23-24-40(35-17-7-6-16-34(33)35)46-38-20-10-8-18-36(38)45(37-19-9-11-21-39(37)46)32-22-25-43-41(27-32)42-26-30-14-4-5-15-31(30)28-44(42)47-43/h1-28H/i1D,2D,3D,4D,5D,12D,13D,14D,15D,22D,25D,26D,27D,28D. The molecule has 0 amide bonds. The Morgan fingerprint density at radius 1 is 0.362 bits per heavy atom. The van der Waals surface area contributed by atoms with Gasteiger partial charge in [-0.05, 0) is 101 Å². The first-order valence-corrected chi connectivity index (χ1v) is 15.1. The highest BCUT2D eigenvalue weighted by molar-refractivity contribution is 6.24. The van der Waals surface area contributed by atoms with E-state index in [2.05, 4.69) is 0 Å². The minimum absolute atomic E-state index is 0.0229. The SMILES string of the molecule is [2H]c1c([2H])c([2H])c(-c2ccc(-c3c4ccccc4c(-c4c([2H])c([2H])c5oc6c([2H])c7c([2H])c([2H])c([2H])c([2H])c7c([2H])c6c5c4[2H])c4ccccc34)c3ccccc23)c([2H])c1[2H]. The molecule has 47 heavy (non-hydrogen) atoms. The van der Waals surface area contributed by atoms with E-state index in [1.807, 2.05) is 78.9 Å². The minimum Gasteiger partial charge on any atom is -0.456 e. The van der Waals surface area contributed by atoms with E-state index in [1.54, 1.807) is 6.07 Å². The van der Waals surface area contributed by atoms with E-state index >= 15 is 0 Å². The highest BCUT2D eigenvalue weighted by Crippen LogP contribution is 2.47. The van der Waals surface area contributed by atoms with Gasteiger partial charge in [-0.2, -0.15) is 0 Å². The summed E-state index contributed by atoms with van der Waals surface area (Å²) in [5.41, 5.74) is 2.23. The minimum atomic E-state index is -0.575. The number of rotatable bonds is 3. The van der Waals surface area contributed by atoms with E-state index < -0.39 is 54.4 Å². The Balaban J connectivity index is 1.32. The summed E-state index contributed by atoms with van der Waals surface area (Å²) >= 11 is 0. The van der Waals surface area contributed by atoms with Gasteiger partial charge < -0.3 is 4.42 Å². The summed E-state index contributed by atoms with van der Waals surface area (Å²) < 4.78 is 129. The molecule has 218 valence electrons. The number of fused-ring (bicyclic) bond motifs is 7. The molecule has 1 aromatic heterocycles. The second-order valence-electron chi connectivity index (χ2n) is 11.3. The molecule has 0 atom stereocenters. The van der Waals surface area contributed by atoms with Crippen LogP contribution in [0.15, 0.2) is 174 Å². The average molecular weight is 611 g/mol. The van der Waals surface area contributed by atoms with Crippen LogP contribution in [0.3, 0.4) is 0 Å². The van der Waals surface area contributed by atoms with Gasteiger partial charge in [-0.25, -0.2) is 0 Å². The lowest BCUT2D eigenvalue weighted by Gasteiger charge is -2.19. The molecule has 0 radical (unpaired) electrons. The monoisotopic (exact) mass is 610 g/mol. The molecule has 1 heteroatoms. The Labute approximate surface area is 291 Å². The van der Waals surface area contributed by atoms with Crippen LogP contribution < -0.4 is 0 Å². The quantitative estimate of drug-likeness (QED) is 0.181. The predicted molar refractivity (Wildman–Crippen MR) is 200 cm³/mol. The molecule has 0 aliphatic heterocycles. The fourth-order valence-electron chi connectivity index (χ4n) is 6.79. The van der Waals surface area contributed by atoms with Gasteiger partial charge in [-0.1, -0.05) is 145 Å². The Morgan fingerprint density at radius 2 is 0.894 bits per heavy atom. The number of furan rings is 1. The second kappa shape index (κ2) is 10.2. The van der Waals surface area contributed by atoms with Crippen molar-refractivity contribution >= 4 is 65.0 Å². The second-order valence-corrected chi connectivity index (χ2v) is 11.3. The van der Waals surface area contributed by atoms with Gasteiger partial charge in [0.1, 0.15) is 11.2 Å². The summed E-state index contributed by atoms with van der Waals surface area (Å²) in [6, 6.07) is 20.2. The van der Waals surface area contributed by atoms with Crippen LogP contribution in [0.5, 0.6) is 0 Å². The van der Waals surface area contributed by atoms with Gasteiger partial charge in [0.15, 0.2) is 0 Å². The molecule has 1 nitrogen and oxygen atoms in total. The van der Waals surface area contributed by atoms with Gasteiger partial charge in [0.2, 0.25) is 0 Å². The van der Waals surface area contributed by atoms with Gasteiger partial charge in [0.25, 0.3) is 0 Å². The van der Waals surface area contributed by atoms with Crippen LogP contribution >= 0.6 is 0 Å². The molecule has 1 heterocycles. The van der Waals surface area contributed by atoms with Crippen LogP contribution in [0, 0.1) is 0 Å². The Hall–Kier alpha value is -6.18. The zero-order chi connectivity index (χ0) is 43.1. The molecule has 9 aromatic carbocycles. The lowest BCUT2D eigenvalue weighted by atomic mass is 9.83. The molecule has 0 fully saturated rings. The molecule has 0 aliphatic carbocycles. The Kier molecular flexibility index (Phi) is 3.44. The van der Waals surface area contributed by atoms with Crippen molar-refractivity contribution in [3.05, 3.63) is 170 Å². The van der Waals surface area contributed by atoms with E-state index in [0.717, 1.165) is 27.3 Å². The fourth-order valence-corrected chi connectivity index (χ4v) is 6.79. The van der Waals surface area contributed by atoms with E-state index in [9.17, 15) is 5.48 Å². The third-order valence-corrected chi connectivity index (χ3v) is 8.78. The largest absolute Gasteiger partial charge is 0.456 e. The van der Waals surface area contributed by atoms with Gasteiger partial charge in [0.05, 0.1) is 19.2 Å². The van der Waals surface area contributed by atoms with E-state index in [-0.39, 0.29) is 74.0 Å². The van der Waals surface area contributed by atoms with Crippen LogP contribution in [-0.4, -0.2) is 0 Å². The normalized spacial score (nSPS) is 16.0. The van der Waals surface area contributed by atoms with E-state index in [0.29, 0.717) is 27.3 Å². The molecule has 0 bridgehead atoms. The van der Waals surface area contributed by atoms with Crippen LogP contribution in [0.4, 0.5) is 0 Å². The molecule has 0 unspecified atom stereocenters. The molecular weight excluding hydrogens is 569 g/mol. The number of hydrogen-bond donors (Lipinski definition) is 0. The van der Waals surface area contributed by atoms with Crippen molar-refractivity contribution in [1.82, 2.24) is 0 Å². The molecule has 0 saturated carbocycles. The summed E-state index contributed by atoms with van der Waals surface area (Å²) in [6.07, 6.45) is 0. The first-order valence-electron chi connectivity index (χ1n) is 22.1. The first-order chi connectivity index (χ1) is 29.2. The third-order valence-electron chi connectivity index (χ3n) is 8.78. The molecule has 10 rings (SSSR count). The summed E-state index contributed by atoms with van der Waals surface area (Å²) in [5.74, 6) is 0. The van der Waals surface area contributed by atoms with E-state index in [4.69, 9.17) is 18.1 Å². The van der Waals surface area contributed by atoms with Gasteiger partial charge in [-0.3, -0.25) is 0 Å². The van der Waals surface area contributed by atoms with Crippen LogP contribution in [0.2, 0.25) is 0 Å². The van der Waals surface area contributed by atoms with Gasteiger partial charge in [-0.15, -0.1) is 0 Å². The van der Waals surface area contributed by atoms with Gasteiger partial charge >= 0.3 is 0 Å². The Morgan fingerprint density at radius 3 is 1.57 bits per heavy atom. The number of benzene rings is 9. The van der Waals surface area contributed by atoms with Crippen LogP contribution in [-0.2, 0) is 0 Å². The summed E-state index contributed by atoms with van der Waals surface area (Å²) in [4.78, 5) is 0. The highest BCUT2D eigenvalue weighted by atomic mass is 16.3. The topological polar surface area (TPSA) is 13.1 Å². The third kappa shape index (κ3) is 3.97. The molecule has 0 N–H and O–H groups in total. The molecule has 10 aromatic rings. The maximum atomic E-state index is 9.79. The predicted octanol–water partition coefficient (Wildman–Crippen LogP) is 13.2. The molecular formula is C46H28O. The van der Waals surface area contributed by atoms with E-state index in [1.165, 1.54) is 0 Å². The van der Waals surface area contributed by atoms with Crippen molar-refractivity contribution < 1.29 is 23.6 Å². The van der Waals surface area contributed by atoms with Crippen molar-refractivity contribution in [3.8, 4) is 33.4 Å². The smallest absolute Gasteiger partial charge is 0.136 e. The molecule has 0 saturated heterocycles. The summed E-state index contributed by atoms with van der Waals surface area (Å²) in [6.45, 7) is 0. The highest BCUT2D eigenvalue weighted by Gasteiger charge is 2.20. The fraction of sp³-hybridized carbons (Fsp3) is 0. The van der Waals surface area contributed by atoms with Gasteiger partial charge in [0, 0.05) is 10.8 Å². The molecule has 0 aliphatic rings. The van der Waals surface area contributed by atoms with Crippen molar-refractivity contribution in [2.24, 2.45) is 0 Å². The van der Waals surface area contributed by atoms with Crippen molar-refractivity contribution in [2.45, 2.75) is 0 Å². The molecule has 0 spiro atoms. The Bertz CT molecular complexity index is 3560. The average Bonchev–Trinajstić information content (AvgIpc) is 3.69. The number of hydrogen-bond acceptors (Lipinski definition) is 1. The van der Waals surface area contributed by atoms with Crippen LogP contribution in [0.25, 0.3) is 98.4 Å². The maximum absolute atomic E-state index is 9.79. The summed E-state index contributed by atoms with van der Waals surface area (Å²) in [7, 11) is 0.